The number of hydrogen-bond donors (Lipinski definition) is 1. The summed E-state index contributed by atoms with van der Waals surface area (Å²) in [5.41, 5.74) is 1.04. The Hall–Kier alpha value is -2.18. The van der Waals surface area contributed by atoms with Gasteiger partial charge in [-0.15, -0.1) is 0 Å². The molecule has 1 rings (SSSR count). The molecule has 0 radical (unpaired) electrons. The second-order valence-electron chi connectivity index (χ2n) is 5.21. The van der Waals surface area contributed by atoms with Crippen molar-refractivity contribution in [2.24, 2.45) is 0 Å². The van der Waals surface area contributed by atoms with Gasteiger partial charge >= 0.3 is 5.97 Å². The van der Waals surface area contributed by atoms with E-state index in [4.69, 9.17) is 19.3 Å². The van der Waals surface area contributed by atoms with E-state index in [1.807, 2.05) is 0 Å². The van der Waals surface area contributed by atoms with E-state index in [9.17, 15) is 9.59 Å². The van der Waals surface area contributed by atoms with Crippen LogP contribution in [0.5, 0.6) is 5.75 Å². The fourth-order valence-corrected chi connectivity index (χ4v) is 2.21. The number of aliphatic hydroxyl groups excluding tert-OH is 1. The summed E-state index contributed by atoms with van der Waals surface area (Å²) in [6.45, 7) is 5.18. The van der Waals surface area contributed by atoms with E-state index in [-0.39, 0.29) is 32.0 Å². The summed E-state index contributed by atoms with van der Waals surface area (Å²) in [4.78, 5) is 23.4. The Morgan fingerprint density at radius 2 is 2.00 bits per heavy atom. The molecule has 6 heteroatoms. The Balaban J connectivity index is 2.87. The highest BCUT2D eigenvalue weighted by Gasteiger charge is 2.21. The highest BCUT2D eigenvalue weighted by Crippen LogP contribution is 2.31. The fourth-order valence-electron chi connectivity index (χ4n) is 2.21. The molecule has 0 aromatic heterocycles. The number of carbonyl (C=O) groups excluding carboxylic acids is 2. The van der Waals surface area contributed by atoms with Gasteiger partial charge in [-0.3, -0.25) is 9.59 Å². The van der Waals surface area contributed by atoms with Gasteiger partial charge in [-0.1, -0.05) is 24.8 Å². The largest absolute Gasteiger partial charge is 0.491 e. The van der Waals surface area contributed by atoms with Crippen LogP contribution in [0.4, 0.5) is 0 Å². The molecule has 0 unspecified atom stereocenters. The molecule has 0 aliphatic heterocycles. The smallest absolute Gasteiger partial charge is 0.303 e. The second-order valence-corrected chi connectivity index (χ2v) is 5.21. The Bertz CT molecular complexity index is 566. The summed E-state index contributed by atoms with van der Waals surface area (Å²) >= 11 is 0. The Kier molecular flexibility index (Phi) is 8.75. The summed E-state index contributed by atoms with van der Waals surface area (Å²) in [5, 5.41) is 8.91. The van der Waals surface area contributed by atoms with E-state index in [0.717, 1.165) is 0 Å². The van der Waals surface area contributed by atoms with Crippen LogP contribution in [0.15, 0.2) is 36.4 Å². The first kappa shape index (κ1) is 19.9. The van der Waals surface area contributed by atoms with Crippen LogP contribution in [0.3, 0.4) is 0 Å². The van der Waals surface area contributed by atoms with Crippen LogP contribution in [0.2, 0.25) is 0 Å². The molecule has 1 atom stereocenters. The van der Waals surface area contributed by atoms with E-state index >= 15 is 0 Å². The van der Waals surface area contributed by atoms with Gasteiger partial charge in [0.25, 0.3) is 0 Å². The van der Waals surface area contributed by atoms with Crippen molar-refractivity contribution in [2.45, 2.75) is 25.9 Å². The van der Waals surface area contributed by atoms with Gasteiger partial charge in [0.1, 0.15) is 18.5 Å². The monoisotopic (exact) mass is 336 g/mol. The van der Waals surface area contributed by atoms with Crippen LogP contribution in [0.1, 0.15) is 31.4 Å². The quantitative estimate of drug-likeness (QED) is 0.493. The number of Topliss-reactive ketones (excluding diaryl/α,β-unsaturated/α-hetero) is 1. The zero-order valence-corrected chi connectivity index (χ0v) is 14.1. The van der Waals surface area contributed by atoms with Crippen LogP contribution < -0.4 is 4.74 Å². The standard InChI is InChI=1S/C18H24O6/c1-13(12-22-3)16(21)8-9-18(24-14(2)20)15-6-4-5-7-17(15)23-11-10-19/h4-7,18-19H,1,8-12H2,2-3H3/t18-/m0/s1. The van der Waals surface area contributed by atoms with E-state index in [1.165, 1.54) is 14.0 Å². The Morgan fingerprint density at radius 1 is 1.29 bits per heavy atom. The SMILES string of the molecule is C=C(COC)C(=O)CC[C@H](OC(C)=O)c1ccccc1OCCO. The number of ketones is 1. The summed E-state index contributed by atoms with van der Waals surface area (Å²) in [7, 11) is 1.49. The normalized spacial score (nSPS) is 11.6. The number of aliphatic hydroxyl groups is 1. The van der Waals surface area contributed by atoms with E-state index in [1.54, 1.807) is 24.3 Å². The van der Waals surface area contributed by atoms with Gasteiger partial charge in [-0.25, -0.2) is 0 Å². The van der Waals surface area contributed by atoms with Crippen LogP contribution in [0.25, 0.3) is 0 Å². The molecule has 0 amide bonds. The van der Waals surface area contributed by atoms with Crippen LogP contribution in [0, 0.1) is 0 Å². The third-order valence-corrected chi connectivity index (χ3v) is 3.27. The third-order valence-electron chi connectivity index (χ3n) is 3.27. The molecular formula is C18H24O6. The maximum atomic E-state index is 12.0. The zero-order chi connectivity index (χ0) is 17.9. The van der Waals surface area contributed by atoms with E-state index in [2.05, 4.69) is 6.58 Å². The van der Waals surface area contributed by atoms with Gasteiger partial charge in [0, 0.05) is 31.6 Å². The molecule has 0 saturated heterocycles. The lowest BCUT2D eigenvalue weighted by Crippen LogP contribution is -2.14. The predicted molar refractivity (Wildman–Crippen MR) is 88.8 cm³/mol. The second kappa shape index (κ2) is 10.6. The highest BCUT2D eigenvalue weighted by atomic mass is 16.5. The lowest BCUT2D eigenvalue weighted by atomic mass is 10.00. The van der Waals surface area contributed by atoms with Crippen molar-refractivity contribution in [1.29, 1.82) is 0 Å². The first-order valence-electron chi connectivity index (χ1n) is 7.69. The van der Waals surface area contributed by atoms with Crippen molar-refractivity contribution < 1.29 is 28.9 Å². The van der Waals surface area contributed by atoms with Crippen molar-refractivity contribution in [3.05, 3.63) is 42.0 Å². The van der Waals surface area contributed by atoms with Gasteiger partial charge in [0.2, 0.25) is 0 Å². The van der Waals surface area contributed by atoms with Crippen LogP contribution in [-0.4, -0.2) is 43.8 Å². The minimum atomic E-state index is -0.614. The average molecular weight is 336 g/mol. The molecule has 0 aliphatic rings. The molecule has 0 bridgehead atoms. The maximum absolute atomic E-state index is 12.0. The number of benzene rings is 1. The first-order valence-corrected chi connectivity index (χ1v) is 7.69. The summed E-state index contributed by atoms with van der Waals surface area (Å²) in [6.07, 6.45) is -0.133. The van der Waals surface area contributed by atoms with Gasteiger partial charge in [-0.05, 0) is 12.5 Å². The summed E-state index contributed by atoms with van der Waals surface area (Å²) < 4.78 is 15.7. The fraction of sp³-hybridized carbons (Fsp3) is 0.444. The zero-order valence-electron chi connectivity index (χ0n) is 14.1. The molecule has 0 fully saturated rings. The average Bonchev–Trinajstić information content (AvgIpc) is 2.56. The third kappa shape index (κ3) is 6.52. The molecule has 0 heterocycles. The number of rotatable bonds is 11. The number of hydrogen-bond acceptors (Lipinski definition) is 6. The van der Waals surface area contributed by atoms with Crippen molar-refractivity contribution >= 4 is 11.8 Å². The van der Waals surface area contributed by atoms with E-state index in [0.29, 0.717) is 23.3 Å². The van der Waals surface area contributed by atoms with Crippen LogP contribution >= 0.6 is 0 Å². The van der Waals surface area contributed by atoms with Gasteiger partial charge < -0.3 is 19.3 Å². The number of methoxy groups -OCH3 is 1. The lowest BCUT2D eigenvalue weighted by molar-refractivity contribution is -0.147. The predicted octanol–water partition coefficient (Wildman–Crippen LogP) is 2.21. The number of para-hydroxylation sites is 1. The van der Waals surface area contributed by atoms with Gasteiger partial charge in [0.05, 0.1) is 13.2 Å². The molecule has 0 aliphatic carbocycles. The van der Waals surface area contributed by atoms with Crippen molar-refractivity contribution in [3.8, 4) is 5.75 Å². The van der Waals surface area contributed by atoms with Crippen LogP contribution in [-0.2, 0) is 19.1 Å². The van der Waals surface area contributed by atoms with Gasteiger partial charge in [-0.2, -0.15) is 0 Å². The minimum absolute atomic E-state index is 0.123. The van der Waals surface area contributed by atoms with Gasteiger partial charge in [0.15, 0.2) is 5.78 Å². The Labute approximate surface area is 142 Å². The molecule has 132 valence electrons. The topological polar surface area (TPSA) is 82.1 Å². The van der Waals surface area contributed by atoms with Crippen molar-refractivity contribution in [1.82, 2.24) is 0 Å². The molecular weight excluding hydrogens is 312 g/mol. The van der Waals surface area contributed by atoms with Crippen molar-refractivity contribution in [2.75, 3.05) is 26.9 Å². The molecule has 6 nitrogen and oxygen atoms in total. The molecule has 1 aromatic rings. The molecule has 0 saturated carbocycles. The summed E-state index contributed by atoms with van der Waals surface area (Å²) in [6, 6.07) is 7.08. The summed E-state index contributed by atoms with van der Waals surface area (Å²) in [5.74, 6) is -0.0659. The number of esters is 1. The van der Waals surface area contributed by atoms with Crippen molar-refractivity contribution in [3.63, 3.8) is 0 Å². The first-order chi connectivity index (χ1) is 11.5. The number of carbonyl (C=O) groups is 2. The molecule has 0 spiro atoms. The molecule has 24 heavy (non-hydrogen) atoms. The highest BCUT2D eigenvalue weighted by molar-refractivity contribution is 5.94. The minimum Gasteiger partial charge on any atom is -0.491 e. The maximum Gasteiger partial charge on any atom is 0.303 e. The van der Waals surface area contributed by atoms with E-state index < -0.39 is 12.1 Å². The number of ether oxygens (including phenoxy) is 3. The molecule has 1 N–H and O–H groups in total. The Morgan fingerprint density at radius 3 is 2.62 bits per heavy atom. The molecule has 1 aromatic carbocycles. The lowest BCUT2D eigenvalue weighted by Gasteiger charge is -2.20.